The molecule has 2 N–H and O–H groups in total. The number of halogens is 2. The van der Waals surface area contributed by atoms with E-state index in [9.17, 15) is 9.59 Å². The van der Waals surface area contributed by atoms with Crippen molar-refractivity contribution in [3.63, 3.8) is 0 Å². The number of rotatable bonds is 7. The maximum Gasteiger partial charge on any atom is 0.286 e. The fourth-order valence-electron chi connectivity index (χ4n) is 2.28. The highest BCUT2D eigenvalue weighted by Gasteiger charge is 2.11. The molecule has 2 amide bonds. The van der Waals surface area contributed by atoms with Crippen LogP contribution in [0.2, 0.25) is 10.0 Å². The second kappa shape index (κ2) is 9.03. The lowest BCUT2D eigenvalue weighted by Gasteiger charge is -2.04. The van der Waals surface area contributed by atoms with E-state index < -0.39 is 0 Å². The Hall–Kier alpha value is -2.35. The third-order valence-corrected chi connectivity index (χ3v) is 5.07. The molecule has 0 spiro atoms. The second-order valence-electron chi connectivity index (χ2n) is 5.58. The molecule has 0 saturated heterocycles. The lowest BCUT2D eigenvalue weighted by atomic mass is 10.1. The van der Waals surface area contributed by atoms with E-state index in [2.05, 4.69) is 15.6 Å². The van der Waals surface area contributed by atoms with Gasteiger partial charge in [-0.15, -0.1) is 11.3 Å². The van der Waals surface area contributed by atoms with Crippen LogP contribution in [0.15, 0.2) is 47.2 Å². The number of benzene rings is 1. The van der Waals surface area contributed by atoms with Crippen molar-refractivity contribution in [2.45, 2.75) is 12.8 Å². The van der Waals surface area contributed by atoms with E-state index in [0.717, 1.165) is 10.4 Å². The number of carbonyl (C=O) groups excluding carboxylic acids is 2. The normalized spacial score (nSPS) is 10.6. The number of nitrogens with zero attached hydrogens (tertiary/aromatic N) is 1. The van der Waals surface area contributed by atoms with Crippen LogP contribution in [0.3, 0.4) is 0 Å². The average Bonchev–Trinajstić information content (AvgIpc) is 3.30. The SMILES string of the molecule is O=C(CCNC(=O)c1ccco1)Nc1ncc(Cc2cc(Cl)ccc2Cl)s1. The molecule has 9 heteroatoms. The van der Waals surface area contributed by atoms with Gasteiger partial charge in [-0.1, -0.05) is 23.2 Å². The summed E-state index contributed by atoms with van der Waals surface area (Å²) in [4.78, 5) is 28.8. The van der Waals surface area contributed by atoms with Gasteiger partial charge >= 0.3 is 0 Å². The van der Waals surface area contributed by atoms with Gasteiger partial charge in [-0.3, -0.25) is 9.59 Å². The molecule has 3 aromatic rings. The third kappa shape index (κ3) is 5.56. The molecule has 2 heterocycles. The fourth-order valence-corrected chi connectivity index (χ4v) is 3.51. The summed E-state index contributed by atoms with van der Waals surface area (Å²) in [5, 5.41) is 7.07. The highest BCUT2D eigenvalue weighted by molar-refractivity contribution is 7.15. The zero-order valence-corrected chi connectivity index (χ0v) is 16.3. The lowest BCUT2D eigenvalue weighted by molar-refractivity contribution is -0.116. The number of hydrogen-bond acceptors (Lipinski definition) is 5. The molecule has 0 aliphatic carbocycles. The average molecular weight is 424 g/mol. The van der Waals surface area contributed by atoms with Gasteiger partial charge in [0.05, 0.1) is 6.26 Å². The molecule has 0 unspecified atom stereocenters. The van der Waals surface area contributed by atoms with Crippen LogP contribution in [0.5, 0.6) is 0 Å². The minimum absolute atomic E-state index is 0.126. The van der Waals surface area contributed by atoms with E-state index in [4.69, 9.17) is 27.6 Å². The first-order chi connectivity index (χ1) is 13.0. The Labute approximate surface area is 169 Å². The molecule has 0 fully saturated rings. The molecular formula is C18H15Cl2N3O3S. The van der Waals surface area contributed by atoms with Crippen molar-refractivity contribution in [2.75, 3.05) is 11.9 Å². The Kier molecular flexibility index (Phi) is 6.49. The molecule has 2 aromatic heterocycles. The van der Waals surface area contributed by atoms with Gasteiger partial charge in [0.15, 0.2) is 10.9 Å². The zero-order valence-electron chi connectivity index (χ0n) is 14.0. The predicted molar refractivity (Wildman–Crippen MR) is 106 cm³/mol. The molecule has 0 atom stereocenters. The molecular weight excluding hydrogens is 409 g/mol. The quantitative estimate of drug-likeness (QED) is 0.589. The Balaban J connectivity index is 1.47. The van der Waals surface area contributed by atoms with Crippen molar-refractivity contribution in [2.24, 2.45) is 0 Å². The predicted octanol–water partition coefficient (Wildman–Crippen LogP) is 4.39. The third-order valence-electron chi connectivity index (χ3n) is 3.55. The van der Waals surface area contributed by atoms with Crippen LogP contribution in [-0.2, 0) is 11.2 Å². The van der Waals surface area contributed by atoms with Gasteiger partial charge in [0.2, 0.25) is 5.91 Å². The summed E-state index contributed by atoms with van der Waals surface area (Å²) in [5.74, 6) is -0.390. The van der Waals surface area contributed by atoms with Gasteiger partial charge in [-0.25, -0.2) is 4.98 Å². The summed E-state index contributed by atoms with van der Waals surface area (Å²) in [6, 6.07) is 8.47. The van der Waals surface area contributed by atoms with Crippen molar-refractivity contribution in [3.05, 3.63) is 69.0 Å². The molecule has 0 aliphatic heterocycles. The zero-order chi connectivity index (χ0) is 19.2. The van der Waals surface area contributed by atoms with Crippen molar-refractivity contribution in [1.29, 1.82) is 0 Å². The Morgan fingerprint density at radius 1 is 1.22 bits per heavy atom. The number of thiazole rings is 1. The second-order valence-corrected chi connectivity index (χ2v) is 7.53. The largest absolute Gasteiger partial charge is 0.459 e. The standard InChI is InChI=1S/C18H15Cl2N3O3S/c19-12-3-4-14(20)11(8-12)9-13-10-22-18(27-13)23-16(24)5-6-21-17(25)15-2-1-7-26-15/h1-4,7-8,10H,5-6,9H2,(H,21,25)(H,22,23,24). The number of aromatic nitrogens is 1. The fraction of sp³-hybridized carbons (Fsp3) is 0.167. The topological polar surface area (TPSA) is 84.2 Å². The van der Waals surface area contributed by atoms with Crippen LogP contribution in [0, 0.1) is 0 Å². The van der Waals surface area contributed by atoms with Crippen LogP contribution < -0.4 is 10.6 Å². The molecule has 0 saturated carbocycles. The van der Waals surface area contributed by atoms with Gasteiger partial charge in [-0.2, -0.15) is 0 Å². The van der Waals surface area contributed by atoms with E-state index >= 15 is 0 Å². The van der Waals surface area contributed by atoms with Crippen molar-refractivity contribution >= 4 is 51.5 Å². The molecule has 0 radical (unpaired) electrons. The summed E-state index contributed by atoms with van der Waals surface area (Å²) < 4.78 is 4.98. The summed E-state index contributed by atoms with van der Waals surface area (Å²) >= 11 is 13.5. The van der Waals surface area contributed by atoms with Crippen LogP contribution in [0.1, 0.15) is 27.4 Å². The highest BCUT2D eigenvalue weighted by Crippen LogP contribution is 2.27. The smallest absolute Gasteiger partial charge is 0.286 e. The van der Waals surface area contributed by atoms with E-state index in [1.165, 1.54) is 17.6 Å². The van der Waals surface area contributed by atoms with Gasteiger partial charge in [-0.05, 0) is 35.9 Å². The first-order valence-corrected chi connectivity index (χ1v) is 9.58. The van der Waals surface area contributed by atoms with Crippen LogP contribution >= 0.6 is 34.5 Å². The summed E-state index contributed by atoms with van der Waals surface area (Å²) in [6.07, 6.45) is 3.81. The summed E-state index contributed by atoms with van der Waals surface area (Å²) in [7, 11) is 0. The molecule has 140 valence electrons. The van der Waals surface area contributed by atoms with Gasteiger partial charge < -0.3 is 15.1 Å². The van der Waals surface area contributed by atoms with Gasteiger partial charge in [0.1, 0.15) is 0 Å². The summed E-state index contributed by atoms with van der Waals surface area (Å²) in [5.41, 5.74) is 0.895. The number of furan rings is 1. The van der Waals surface area contributed by atoms with E-state index in [-0.39, 0.29) is 30.5 Å². The number of anilines is 1. The summed E-state index contributed by atoms with van der Waals surface area (Å²) in [6.45, 7) is 0.196. The molecule has 6 nitrogen and oxygen atoms in total. The lowest BCUT2D eigenvalue weighted by Crippen LogP contribution is -2.27. The monoisotopic (exact) mass is 423 g/mol. The minimum atomic E-state index is -0.359. The maximum atomic E-state index is 12.0. The number of nitrogens with one attached hydrogen (secondary N) is 2. The molecule has 0 aliphatic rings. The first-order valence-electron chi connectivity index (χ1n) is 8.01. The van der Waals surface area contributed by atoms with E-state index in [1.807, 2.05) is 6.07 Å². The van der Waals surface area contributed by atoms with Crippen LogP contribution in [0.4, 0.5) is 5.13 Å². The van der Waals surface area contributed by atoms with E-state index in [1.54, 1.807) is 30.5 Å². The minimum Gasteiger partial charge on any atom is -0.459 e. The highest BCUT2D eigenvalue weighted by atomic mass is 35.5. The van der Waals surface area contributed by atoms with Gasteiger partial charge in [0.25, 0.3) is 5.91 Å². The number of carbonyl (C=O) groups is 2. The van der Waals surface area contributed by atoms with Crippen LogP contribution in [-0.4, -0.2) is 23.3 Å². The molecule has 1 aromatic carbocycles. The van der Waals surface area contributed by atoms with Gasteiger partial charge in [0, 0.05) is 40.5 Å². The number of hydrogen-bond donors (Lipinski definition) is 2. The molecule has 3 rings (SSSR count). The molecule has 27 heavy (non-hydrogen) atoms. The Morgan fingerprint density at radius 2 is 2.07 bits per heavy atom. The first kappa shape index (κ1) is 19.4. The van der Waals surface area contributed by atoms with Crippen LogP contribution in [0.25, 0.3) is 0 Å². The van der Waals surface area contributed by atoms with Crippen molar-refractivity contribution < 1.29 is 14.0 Å². The maximum absolute atomic E-state index is 12.0. The molecule has 0 bridgehead atoms. The van der Waals surface area contributed by atoms with Crippen molar-refractivity contribution in [3.8, 4) is 0 Å². The van der Waals surface area contributed by atoms with E-state index in [0.29, 0.717) is 21.6 Å². The Bertz CT molecular complexity index is 941. The number of amides is 2. The Morgan fingerprint density at radius 3 is 2.85 bits per heavy atom. The van der Waals surface area contributed by atoms with Crippen molar-refractivity contribution in [1.82, 2.24) is 10.3 Å².